The Morgan fingerprint density at radius 3 is 2.26 bits per heavy atom. The molecule has 1 saturated heterocycles. The quantitative estimate of drug-likeness (QED) is 0.803. The van der Waals surface area contributed by atoms with Crippen molar-refractivity contribution in [3.63, 3.8) is 0 Å². The number of carbonyl (C=O) groups is 1. The molecule has 3 heteroatoms. The second-order valence-electron chi connectivity index (χ2n) is 8.40. The van der Waals surface area contributed by atoms with Crippen LogP contribution in [0, 0.1) is 17.8 Å². The number of carbonyl (C=O) groups excluding carboxylic acids is 1. The van der Waals surface area contributed by atoms with Gasteiger partial charge in [0.2, 0.25) is 5.91 Å². The van der Waals surface area contributed by atoms with Crippen molar-refractivity contribution in [2.45, 2.75) is 90.1 Å². The first-order valence-electron chi connectivity index (χ1n) is 10.2. The molecule has 3 nitrogen and oxygen atoms in total. The van der Waals surface area contributed by atoms with Gasteiger partial charge < -0.3 is 10.2 Å². The second kappa shape index (κ2) is 8.00. The highest BCUT2D eigenvalue weighted by molar-refractivity contribution is 5.77. The van der Waals surface area contributed by atoms with Crippen LogP contribution in [0.2, 0.25) is 0 Å². The number of nitrogens with one attached hydrogen (secondary N) is 1. The van der Waals surface area contributed by atoms with Crippen molar-refractivity contribution in [2.24, 2.45) is 17.8 Å². The first-order valence-corrected chi connectivity index (χ1v) is 10.2. The van der Waals surface area contributed by atoms with Crippen LogP contribution < -0.4 is 5.32 Å². The van der Waals surface area contributed by atoms with Crippen molar-refractivity contribution < 1.29 is 4.79 Å². The fourth-order valence-electron chi connectivity index (χ4n) is 4.80. The Balaban J connectivity index is 1.54. The van der Waals surface area contributed by atoms with Gasteiger partial charge in [0.15, 0.2) is 0 Å². The van der Waals surface area contributed by atoms with Gasteiger partial charge in [-0.1, -0.05) is 20.3 Å². The van der Waals surface area contributed by atoms with Gasteiger partial charge in [-0.3, -0.25) is 4.79 Å². The molecule has 1 heterocycles. The van der Waals surface area contributed by atoms with Gasteiger partial charge >= 0.3 is 0 Å². The van der Waals surface area contributed by atoms with E-state index in [9.17, 15) is 4.79 Å². The van der Waals surface area contributed by atoms with Crippen LogP contribution in [0.3, 0.4) is 0 Å². The van der Waals surface area contributed by atoms with Crippen LogP contribution in [-0.4, -0.2) is 36.0 Å². The van der Waals surface area contributed by atoms with E-state index in [4.69, 9.17) is 0 Å². The van der Waals surface area contributed by atoms with Crippen LogP contribution in [0.4, 0.5) is 0 Å². The van der Waals surface area contributed by atoms with Crippen molar-refractivity contribution >= 4 is 5.91 Å². The van der Waals surface area contributed by atoms with Crippen molar-refractivity contribution in [1.82, 2.24) is 10.2 Å². The normalized spacial score (nSPS) is 33.2. The van der Waals surface area contributed by atoms with Crippen LogP contribution in [0.1, 0.15) is 78.1 Å². The Morgan fingerprint density at radius 2 is 1.74 bits per heavy atom. The summed E-state index contributed by atoms with van der Waals surface area (Å²) in [4.78, 5) is 15.4. The zero-order valence-electron chi connectivity index (χ0n) is 15.2. The predicted octanol–water partition coefficient (Wildman–Crippen LogP) is 3.97. The van der Waals surface area contributed by atoms with E-state index in [1.807, 2.05) is 0 Å². The smallest absolute Gasteiger partial charge is 0.223 e. The first-order chi connectivity index (χ1) is 11.2. The zero-order valence-corrected chi connectivity index (χ0v) is 15.2. The summed E-state index contributed by atoms with van der Waals surface area (Å²) < 4.78 is 0. The highest BCUT2D eigenvalue weighted by atomic mass is 16.2. The van der Waals surface area contributed by atoms with E-state index in [0.29, 0.717) is 29.8 Å². The van der Waals surface area contributed by atoms with Gasteiger partial charge in [0.05, 0.1) is 0 Å². The summed E-state index contributed by atoms with van der Waals surface area (Å²) in [6.45, 7) is 6.88. The molecule has 0 aromatic heterocycles. The van der Waals surface area contributed by atoms with Crippen LogP contribution in [-0.2, 0) is 4.79 Å². The highest BCUT2D eigenvalue weighted by Gasteiger charge is 2.39. The third-order valence-corrected chi connectivity index (χ3v) is 6.65. The Kier molecular flexibility index (Phi) is 6.01. The number of hydrogen-bond donors (Lipinski definition) is 1. The van der Waals surface area contributed by atoms with Crippen LogP contribution in [0.15, 0.2) is 0 Å². The molecular weight excluding hydrogens is 284 g/mol. The van der Waals surface area contributed by atoms with E-state index in [1.54, 1.807) is 0 Å². The second-order valence-corrected chi connectivity index (χ2v) is 8.40. The van der Waals surface area contributed by atoms with Crippen molar-refractivity contribution in [1.29, 1.82) is 0 Å². The number of amides is 1. The van der Waals surface area contributed by atoms with Gasteiger partial charge in [-0.2, -0.15) is 0 Å². The largest absolute Gasteiger partial charge is 0.337 e. The molecule has 0 bridgehead atoms. The SMILES string of the molecule is CCC1CCC(N(C(=O)C[C@H](C)[C@@H]2CCCNC2)C2CC2)CC1. The molecule has 3 aliphatic rings. The Labute approximate surface area is 142 Å². The predicted molar refractivity (Wildman–Crippen MR) is 95.3 cm³/mol. The molecule has 2 atom stereocenters. The van der Waals surface area contributed by atoms with E-state index in [-0.39, 0.29) is 0 Å². The summed E-state index contributed by atoms with van der Waals surface area (Å²) >= 11 is 0. The van der Waals surface area contributed by atoms with E-state index < -0.39 is 0 Å². The molecule has 0 unspecified atom stereocenters. The number of hydrogen-bond acceptors (Lipinski definition) is 2. The molecule has 0 spiro atoms. The summed E-state index contributed by atoms with van der Waals surface area (Å²) in [5, 5.41) is 3.50. The van der Waals surface area contributed by atoms with Gasteiger partial charge in [0.25, 0.3) is 0 Å². The average molecular weight is 321 g/mol. The molecule has 2 aliphatic carbocycles. The molecular formula is C20H36N2O. The number of nitrogens with zero attached hydrogens (tertiary/aromatic N) is 1. The van der Waals surface area contributed by atoms with E-state index in [2.05, 4.69) is 24.1 Å². The summed E-state index contributed by atoms with van der Waals surface area (Å²) in [6, 6.07) is 1.14. The topological polar surface area (TPSA) is 32.3 Å². The summed E-state index contributed by atoms with van der Waals surface area (Å²) in [6.07, 6.45) is 12.3. The van der Waals surface area contributed by atoms with Gasteiger partial charge in [0.1, 0.15) is 0 Å². The van der Waals surface area contributed by atoms with Gasteiger partial charge in [-0.05, 0) is 82.2 Å². The van der Waals surface area contributed by atoms with Crippen molar-refractivity contribution in [3.05, 3.63) is 0 Å². The maximum Gasteiger partial charge on any atom is 0.223 e. The summed E-state index contributed by atoms with van der Waals surface area (Å²) in [7, 11) is 0. The third kappa shape index (κ3) is 4.49. The molecule has 1 N–H and O–H groups in total. The van der Waals surface area contributed by atoms with Crippen LogP contribution in [0.25, 0.3) is 0 Å². The molecule has 23 heavy (non-hydrogen) atoms. The summed E-state index contributed by atoms with van der Waals surface area (Å²) in [5.74, 6) is 2.60. The van der Waals surface area contributed by atoms with Crippen molar-refractivity contribution in [2.75, 3.05) is 13.1 Å². The molecule has 132 valence electrons. The zero-order chi connectivity index (χ0) is 16.2. The number of piperidine rings is 1. The lowest BCUT2D eigenvalue weighted by atomic mass is 9.82. The molecule has 2 saturated carbocycles. The maximum atomic E-state index is 13.0. The molecule has 0 radical (unpaired) electrons. The van der Waals surface area contributed by atoms with Crippen molar-refractivity contribution in [3.8, 4) is 0 Å². The fourth-order valence-corrected chi connectivity index (χ4v) is 4.80. The molecule has 3 rings (SSSR count). The fraction of sp³-hybridized carbons (Fsp3) is 0.950. The minimum atomic E-state index is 0.463. The average Bonchev–Trinajstić information content (AvgIpc) is 3.41. The third-order valence-electron chi connectivity index (χ3n) is 6.65. The van der Waals surface area contributed by atoms with Gasteiger partial charge in [-0.15, -0.1) is 0 Å². The molecule has 3 fully saturated rings. The Bertz CT molecular complexity index is 379. The lowest BCUT2D eigenvalue weighted by molar-refractivity contribution is -0.136. The Morgan fingerprint density at radius 1 is 1.09 bits per heavy atom. The van der Waals surface area contributed by atoms with E-state index in [1.165, 1.54) is 57.8 Å². The van der Waals surface area contributed by atoms with Crippen LogP contribution >= 0.6 is 0 Å². The maximum absolute atomic E-state index is 13.0. The highest BCUT2D eigenvalue weighted by Crippen LogP contribution is 2.37. The lowest BCUT2D eigenvalue weighted by Gasteiger charge is -2.38. The van der Waals surface area contributed by atoms with Crippen LogP contribution in [0.5, 0.6) is 0 Å². The van der Waals surface area contributed by atoms with Gasteiger partial charge in [0, 0.05) is 18.5 Å². The van der Waals surface area contributed by atoms with Gasteiger partial charge in [-0.25, -0.2) is 0 Å². The minimum Gasteiger partial charge on any atom is -0.337 e. The summed E-state index contributed by atoms with van der Waals surface area (Å²) in [5.41, 5.74) is 0. The molecule has 0 aromatic carbocycles. The van der Waals surface area contributed by atoms with E-state index >= 15 is 0 Å². The monoisotopic (exact) mass is 320 g/mol. The standard InChI is InChI=1S/C20H36N2O/c1-3-16-6-8-18(9-7-16)22(19-10-11-19)20(23)13-15(2)17-5-4-12-21-14-17/h15-19,21H,3-14H2,1-2H3/t15-,16?,17+,18?/m0/s1. The minimum absolute atomic E-state index is 0.463. The Hall–Kier alpha value is -0.570. The lowest BCUT2D eigenvalue weighted by Crippen LogP contribution is -2.45. The molecule has 0 aromatic rings. The number of rotatable bonds is 6. The molecule has 1 aliphatic heterocycles. The molecule has 1 amide bonds. The first kappa shape index (κ1) is 17.3. The van der Waals surface area contributed by atoms with E-state index in [0.717, 1.165) is 25.4 Å².